The van der Waals surface area contributed by atoms with Crippen molar-refractivity contribution in [2.45, 2.75) is 26.5 Å². The quantitative estimate of drug-likeness (QED) is 0.399. The molecule has 3 rings (SSSR count). The molecule has 0 fully saturated rings. The summed E-state index contributed by atoms with van der Waals surface area (Å²) in [7, 11) is 1.95. The number of nitrogens with zero attached hydrogens (tertiary/aromatic N) is 2. The van der Waals surface area contributed by atoms with Crippen LogP contribution in [0.15, 0.2) is 66.7 Å². The van der Waals surface area contributed by atoms with Gasteiger partial charge in [0.25, 0.3) is 5.69 Å². The number of rotatable bonds is 9. The second-order valence-electron chi connectivity index (χ2n) is 7.86. The highest BCUT2D eigenvalue weighted by molar-refractivity contribution is 5.68. The highest BCUT2D eigenvalue weighted by Crippen LogP contribution is 2.26. The van der Waals surface area contributed by atoms with E-state index in [2.05, 4.69) is 56.3 Å². The Morgan fingerprint density at radius 1 is 1.03 bits per heavy atom. The van der Waals surface area contributed by atoms with Crippen LogP contribution in [-0.2, 0) is 6.54 Å². The summed E-state index contributed by atoms with van der Waals surface area (Å²) in [6.45, 7) is 5.55. The number of aliphatic hydroxyl groups excluding tert-OH is 1. The van der Waals surface area contributed by atoms with E-state index in [-0.39, 0.29) is 12.3 Å². The maximum atomic E-state index is 10.7. The van der Waals surface area contributed by atoms with E-state index in [1.807, 2.05) is 11.9 Å². The number of aryl methyl sites for hydroxylation is 1. The molecule has 162 valence electrons. The fourth-order valence-electron chi connectivity index (χ4n) is 3.50. The van der Waals surface area contributed by atoms with Crippen LogP contribution < -0.4 is 4.74 Å². The van der Waals surface area contributed by atoms with Crippen LogP contribution in [0.3, 0.4) is 0 Å². The van der Waals surface area contributed by atoms with Crippen molar-refractivity contribution in [1.82, 2.24) is 4.90 Å². The van der Waals surface area contributed by atoms with Gasteiger partial charge in [0.2, 0.25) is 0 Å². The average molecular weight is 421 g/mol. The van der Waals surface area contributed by atoms with Gasteiger partial charge in [-0.2, -0.15) is 0 Å². The molecule has 0 bridgehead atoms. The number of nitro groups is 1. The number of aliphatic hydroxyl groups is 1. The molecule has 0 radical (unpaired) electrons. The molecule has 0 aliphatic rings. The molecular weight excluding hydrogens is 392 g/mol. The van der Waals surface area contributed by atoms with Crippen LogP contribution in [0.5, 0.6) is 5.75 Å². The van der Waals surface area contributed by atoms with E-state index >= 15 is 0 Å². The second kappa shape index (κ2) is 10.2. The number of hydrogen-bond acceptors (Lipinski definition) is 5. The minimum atomic E-state index is -0.672. The molecule has 6 heteroatoms. The number of ether oxygens (including phenoxy) is 1. The Labute approximate surface area is 182 Å². The summed E-state index contributed by atoms with van der Waals surface area (Å²) in [4.78, 5) is 12.3. The Morgan fingerprint density at radius 2 is 1.71 bits per heavy atom. The van der Waals surface area contributed by atoms with Crippen molar-refractivity contribution in [2.75, 3.05) is 20.2 Å². The van der Waals surface area contributed by atoms with Gasteiger partial charge in [-0.3, -0.25) is 15.0 Å². The lowest BCUT2D eigenvalue weighted by Crippen LogP contribution is -2.32. The highest BCUT2D eigenvalue weighted by atomic mass is 16.6. The lowest BCUT2D eigenvalue weighted by molar-refractivity contribution is -0.384. The fraction of sp³-hybridized carbons (Fsp3) is 0.280. The number of likely N-dealkylation sites (N-methyl/N-ethyl adjacent to an activating group) is 1. The molecule has 0 aliphatic carbocycles. The van der Waals surface area contributed by atoms with Crippen LogP contribution in [0.25, 0.3) is 11.1 Å². The number of benzene rings is 3. The van der Waals surface area contributed by atoms with Crippen LogP contribution in [0.1, 0.15) is 16.7 Å². The van der Waals surface area contributed by atoms with Gasteiger partial charge in [0, 0.05) is 25.2 Å². The summed E-state index contributed by atoms with van der Waals surface area (Å²) in [6, 6.07) is 20.7. The molecule has 0 aromatic heterocycles. The highest BCUT2D eigenvalue weighted by Gasteiger charge is 2.11. The molecule has 3 aromatic carbocycles. The first-order valence-electron chi connectivity index (χ1n) is 10.2. The third-order valence-corrected chi connectivity index (χ3v) is 5.33. The molecule has 0 heterocycles. The standard InChI is InChI=1S/C25H28N2O4/c1-18-5-4-6-25(19(18)2)21-9-7-20(8-10-21)15-26(3)16-23(28)17-31-24-13-11-22(12-14-24)27(29)30/h4-14,23,28H,15-17H2,1-3H3. The van der Waals surface area contributed by atoms with Gasteiger partial charge in [-0.05, 0) is 60.8 Å². The Kier molecular flexibility index (Phi) is 7.39. The van der Waals surface area contributed by atoms with E-state index in [9.17, 15) is 15.2 Å². The molecule has 31 heavy (non-hydrogen) atoms. The van der Waals surface area contributed by atoms with E-state index in [1.54, 1.807) is 0 Å². The van der Waals surface area contributed by atoms with E-state index in [0.717, 1.165) is 0 Å². The van der Waals surface area contributed by atoms with E-state index < -0.39 is 11.0 Å². The van der Waals surface area contributed by atoms with Crippen molar-refractivity contribution in [3.05, 3.63) is 93.5 Å². The molecule has 0 saturated heterocycles. The molecule has 1 unspecified atom stereocenters. The Morgan fingerprint density at radius 3 is 2.35 bits per heavy atom. The largest absolute Gasteiger partial charge is 0.491 e. The van der Waals surface area contributed by atoms with Gasteiger partial charge in [0.15, 0.2) is 0 Å². The summed E-state index contributed by atoms with van der Waals surface area (Å²) >= 11 is 0. The lowest BCUT2D eigenvalue weighted by atomic mass is 9.96. The van der Waals surface area contributed by atoms with E-state index in [4.69, 9.17) is 4.74 Å². The van der Waals surface area contributed by atoms with Crippen molar-refractivity contribution in [3.63, 3.8) is 0 Å². The third kappa shape index (κ3) is 6.13. The zero-order valence-corrected chi connectivity index (χ0v) is 18.1. The van der Waals surface area contributed by atoms with Gasteiger partial charge in [0.1, 0.15) is 18.5 Å². The van der Waals surface area contributed by atoms with Crippen LogP contribution in [0, 0.1) is 24.0 Å². The van der Waals surface area contributed by atoms with Gasteiger partial charge in [-0.15, -0.1) is 0 Å². The molecule has 0 saturated carbocycles. The fourth-order valence-corrected chi connectivity index (χ4v) is 3.50. The van der Waals surface area contributed by atoms with Gasteiger partial charge < -0.3 is 9.84 Å². The van der Waals surface area contributed by atoms with Gasteiger partial charge in [-0.1, -0.05) is 42.5 Å². The van der Waals surface area contributed by atoms with Crippen LogP contribution in [-0.4, -0.2) is 41.2 Å². The topological polar surface area (TPSA) is 75.8 Å². The molecular formula is C25H28N2O4. The minimum Gasteiger partial charge on any atom is -0.491 e. The van der Waals surface area contributed by atoms with Gasteiger partial charge >= 0.3 is 0 Å². The van der Waals surface area contributed by atoms with Crippen LogP contribution >= 0.6 is 0 Å². The van der Waals surface area contributed by atoms with Crippen molar-refractivity contribution >= 4 is 5.69 Å². The van der Waals surface area contributed by atoms with Crippen molar-refractivity contribution in [1.29, 1.82) is 0 Å². The van der Waals surface area contributed by atoms with Gasteiger partial charge in [-0.25, -0.2) is 0 Å². The average Bonchev–Trinajstić information content (AvgIpc) is 2.75. The third-order valence-electron chi connectivity index (χ3n) is 5.33. The SMILES string of the molecule is Cc1cccc(-c2ccc(CN(C)CC(O)COc3ccc([N+](=O)[O-])cc3)cc2)c1C. The molecule has 0 aliphatic heterocycles. The molecule has 0 amide bonds. The zero-order chi connectivity index (χ0) is 22.4. The summed E-state index contributed by atoms with van der Waals surface area (Å²) in [5, 5.41) is 21.0. The number of non-ortho nitro benzene ring substituents is 1. The van der Waals surface area contributed by atoms with Crippen LogP contribution in [0.2, 0.25) is 0 Å². The maximum Gasteiger partial charge on any atom is 0.269 e. The van der Waals surface area contributed by atoms with Crippen molar-refractivity contribution in [3.8, 4) is 16.9 Å². The normalized spacial score (nSPS) is 12.0. The monoisotopic (exact) mass is 420 g/mol. The number of nitro benzene ring substituents is 1. The number of hydrogen-bond donors (Lipinski definition) is 1. The smallest absolute Gasteiger partial charge is 0.269 e. The summed E-state index contributed by atoms with van der Waals surface area (Å²) in [5.74, 6) is 0.495. The predicted octanol–water partition coefficient (Wildman–Crippen LogP) is 4.75. The van der Waals surface area contributed by atoms with E-state index in [0.29, 0.717) is 18.8 Å². The predicted molar refractivity (Wildman–Crippen MR) is 122 cm³/mol. The van der Waals surface area contributed by atoms with E-state index in [1.165, 1.54) is 52.1 Å². The van der Waals surface area contributed by atoms with Crippen molar-refractivity contribution in [2.24, 2.45) is 0 Å². The van der Waals surface area contributed by atoms with Gasteiger partial charge in [0.05, 0.1) is 4.92 Å². The molecule has 0 spiro atoms. The Bertz CT molecular complexity index is 1020. The Balaban J connectivity index is 1.50. The first kappa shape index (κ1) is 22.5. The second-order valence-corrected chi connectivity index (χ2v) is 7.86. The molecule has 1 N–H and O–H groups in total. The van der Waals surface area contributed by atoms with Crippen molar-refractivity contribution < 1.29 is 14.8 Å². The maximum absolute atomic E-state index is 10.7. The van der Waals surface area contributed by atoms with Crippen LogP contribution in [0.4, 0.5) is 5.69 Å². The first-order chi connectivity index (χ1) is 14.8. The molecule has 1 atom stereocenters. The summed E-state index contributed by atoms with van der Waals surface area (Å²) in [6.07, 6.45) is -0.672. The zero-order valence-electron chi connectivity index (χ0n) is 18.1. The summed E-state index contributed by atoms with van der Waals surface area (Å²) < 4.78 is 5.54. The molecule has 3 aromatic rings. The lowest BCUT2D eigenvalue weighted by Gasteiger charge is -2.21. The summed E-state index contributed by atoms with van der Waals surface area (Å²) in [5.41, 5.74) is 6.20. The Hall–Kier alpha value is -3.22. The minimum absolute atomic E-state index is 0.0104. The molecule has 6 nitrogen and oxygen atoms in total. The first-order valence-corrected chi connectivity index (χ1v) is 10.2.